The van der Waals surface area contributed by atoms with E-state index in [4.69, 9.17) is 9.84 Å². The third-order valence-corrected chi connectivity index (χ3v) is 5.68. The lowest BCUT2D eigenvalue weighted by atomic mass is 9.95. The van der Waals surface area contributed by atoms with Gasteiger partial charge in [0.1, 0.15) is 18.3 Å². The predicted molar refractivity (Wildman–Crippen MR) is 105 cm³/mol. The van der Waals surface area contributed by atoms with Gasteiger partial charge in [-0.1, -0.05) is 71.1 Å². The molecule has 1 aliphatic heterocycles. The number of aliphatic hydroxyl groups is 3. The Kier molecular flexibility index (Phi) is 12.9. The fourth-order valence-corrected chi connectivity index (χ4v) is 3.76. The summed E-state index contributed by atoms with van der Waals surface area (Å²) in [5.74, 6) is -0.237. The Labute approximate surface area is 169 Å². The normalized spacial score (nSPS) is 27.7. The second-order valence-corrected chi connectivity index (χ2v) is 7.99. The Hall–Kier alpha value is -0.730. The molecule has 0 aromatic heterocycles. The van der Waals surface area contributed by atoms with E-state index in [2.05, 4.69) is 6.92 Å². The average molecular weight is 403 g/mol. The van der Waals surface area contributed by atoms with Crippen molar-refractivity contribution in [1.29, 1.82) is 0 Å². The number of carbonyl (C=O) groups excluding carboxylic acids is 1. The van der Waals surface area contributed by atoms with Gasteiger partial charge in [0.25, 0.3) is 0 Å². The molecular formula is C21H40NO6-. The molecule has 0 unspecified atom stereocenters. The van der Waals surface area contributed by atoms with Gasteiger partial charge in [0.15, 0.2) is 0 Å². The molecule has 1 aliphatic rings. The van der Waals surface area contributed by atoms with Crippen molar-refractivity contribution in [3.05, 3.63) is 0 Å². The van der Waals surface area contributed by atoms with Crippen LogP contribution in [0.25, 0.3) is 0 Å². The van der Waals surface area contributed by atoms with E-state index in [1.165, 1.54) is 63.3 Å². The van der Waals surface area contributed by atoms with Gasteiger partial charge in [-0.2, -0.15) is 0 Å². The molecule has 1 saturated heterocycles. The highest BCUT2D eigenvalue weighted by Gasteiger charge is 2.42. The monoisotopic (exact) mass is 402 g/mol. The average Bonchev–Trinajstić information content (AvgIpc) is 2.68. The van der Waals surface area contributed by atoms with Gasteiger partial charge in [-0.3, -0.25) is 4.79 Å². The fraction of sp³-hybridized carbons (Fsp3) is 0.952. The number of likely N-dealkylation sites (N-methyl/N-ethyl adjacent to an activating group) is 1. The second-order valence-electron chi connectivity index (χ2n) is 7.99. The van der Waals surface area contributed by atoms with Crippen LogP contribution in [0, 0.1) is 0 Å². The van der Waals surface area contributed by atoms with Crippen molar-refractivity contribution in [3.63, 3.8) is 0 Å². The number of aliphatic hydroxyl groups excluding tert-OH is 3. The van der Waals surface area contributed by atoms with E-state index in [0.717, 1.165) is 19.3 Å². The van der Waals surface area contributed by atoms with E-state index < -0.39 is 37.3 Å². The van der Waals surface area contributed by atoms with Crippen LogP contribution in [0.15, 0.2) is 0 Å². The maximum Gasteiger partial charge on any atom is 0.222 e. The third kappa shape index (κ3) is 8.33. The van der Waals surface area contributed by atoms with Crippen LogP contribution in [-0.4, -0.2) is 70.4 Å². The van der Waals surface area contributed by atoms with Crippen LogP contribution in [0.1, 0.15) is 84.0 Å². The van der Waals surface area contributed by atoms with Crippen molar-refractivity contribution in [2.75, 3.05) is 13.7 Å². The summed E-state index contributed by atoms with van der Waals surface area (Å²) in [6, 6.07) is -1.15. The molecule has 7 heteroatoms. The van der Waals surface area contributed by atoms with Crippen molar-refractivity contribution >= 4 is 5.91 Å². The third-order valence-electron chi connectivity index (χ3n) is 5.68. The Balaban J connectivity index is 2.18. The van der Waals surface area contributed by atoms with Crippen LogP contribution in [-0.2, 0) is 9.53 Å². The summed E-state index contributed by atoms with van der Waals surface area (Å²) in [4.78, 5) is 13.5. The number of ether oxygens (including phenoxy) is 1. The van der Waals surface area contributed by atoms with Crippen LogP contribution in [0.4, 0.5) is 0 Å². The van der Waals surface area contributed by atoms with Crippen molar-refractivity contribution in [1.82, 2.24) is 4.90 Å². The molecule has 0 spiro atoms. The number of rotatable bonds is 14. The number of hydrogen-bond donors (Lipinski definition) is 3. The van der Waals surface area contributed by atoms with Crippen LogP contribution >= 0.6 is 0 Å². The maximum atomic E-state index is 12.3. The fourth-order valence-electron chi connectivity index (χ4n) is 3.76. The summed E-state index contributed by atoms with van der Waals surface area (Å²) in [5.41, 5.74) is 0. The Morgan fingerprint density at radius 1 is 0.929 bits per heavy atom. The van der Waals surface area contributed by atoms with Gasteiger partial charge in [-0.25, -0.2) is 0 Å². The van der Waals surface area contributed by atoms with Crippen molar-refractivity contribution < 1.29 is 30.0 Å². The molecule has 1 rings (SSSR count). The highest BCUT2D eigenvalue weighted by atomic mass is 16.6. The number of carbonyl (C=O) groups is 1. The Morgan fingerprint density at radius 2 is 1.43 bits per heavy atom. The minimum atomic E-state index is -1.69. The van der Waals surface area contributed by atoms with Gasteiger partial charge in [0, 0.05) is 19.8 Å². The van der Waals surface area contributed by atoms with E-state index in [1.54, 1.807) is 0 Å². The molecule has 5 atom stereocenters. The molecule has 0 aromatic carbocycles. The lowest BCUT2D eigenvalue weighted by Crippen LogP contribution is -2.67. The summed E-state index contributed by atoms with van der Waals surface area (Å²) < 4.78 is 5.00. The first-order chi connectivity index (χ1) is 13.4. The molecule has 0 bridgehead atoms. The van der Waals surface area contributed by atoms with Crippen LogP contribution in [0.5, 0.6) is 0 Å². The SMILES string of the molecule is CCCCCCCCCCCCCC(=O)N(C)[C@@H]1[C@@H](O)[C@H](O)[C@@H](CO)O[C@@H]1[O-]. The van der Waals surface area contributed by atoms with Gasteiger partial charge in [0.05, 0.1) is 12.6 Å². The van der Waals surface area contributed by atoms with E-state index in [9.17, 15) is 20.1 Å². The first-order valence-corrected chi connectivity index (χ1v) is 11.0. The first-order valence-electron chi connectivity index (χ1n) is 11.0. The zero-order valence-corrected chi connectivity index (χ0v) is 17.6. The lowest BCUT2D eigenvalue weighted by molar-refractivity contribution is -0.524. The Morgan fingerprint density at radius 3 is 1.93 bits per heavy atom. The minimum Gasteiger partial charge on any atom is -0.829 e. The molecule has 7 nitrogen and oxygen atoms in total. The number of hydrogen-bond acceptors (Lipinski definition) is 6. The van der Waals surface area contributed by atoms with Crippen molar-refractivity contribution in [3.8, 4) is 0 Å². The largest absolute Gasteiger partial charge is 0.829 e. The van der Waals surface area contributed by atoms with Gasteiger partial charge >= 0.3 is 0 Å². The molecule has 1 amide bonds. The van der Waals surface area contributed by atoms with Crippen molar-refractivity contribution in [2.45, 2.75) is 115 Å². The first kappa shape index (κ1) is 25.3. The molecule has 0 saturated carbocycles. The molecule has 28 heavy (non-hydrogen) atoms. The molecule has 166 valence electrons. The van der Waals surface area contributed by atoms with E-state index in [0.29, 0.717) is 6.42 Å². The number of amides is 1. The van der Waals surface area contributed by atoms with Crippen LogP contribution in [0.3, 0.4) is 0 Å². The summed E-state index contributed by atoms with van der Waals surface area (Å²) in [5, 5.41) is 41.3. The van der Waals surface area contributed by atoms with Gasteiger partial charge < -0.3 is 30.1 Å². The van der Waals surface area contributed by atoms with Crippen LogP contribution < -0.4 is 5.11 Å². The summed E-state index contributed by atoms with van der Waals surface area (Å²) in [6.45, 7) is 1.67. The van der Waals surface area contributed by atoms with E-state index in [-0.39, 0.29) is 5.91 Å². The van der Waals surface area contributed by atoms with Gasteiger partial charge in [-0.05, 0) is 6.42 Å². The topological polar surface area (TPSA) is 113 Å². The molecule has 1 heterocycles. The zero-order valence-electron chi connectivity index (χ0n) is 17.6. The molecule has 0 radical (unpaired) electrons. The maximum absolute atomic E-state index is 12.3. The summed E-state index contributed by atoms with van der Waals surface area (Å²) >= 11 is 0. The van der Waals surface area contributed by atoms with Gasteiger partial charge in [-0.15, -0.1) is 0 Å². The number of unbranched alkanes of at least 4 members (excludes halogenated alkanes) is 10. The molecule has 0 aromatic rings. The quantitative estimate of drug-likeness (QED) is 0.378. The smallest absolute Gasteiger partial charge is 0.222 e. The van der Waals surface area contributed by atoms with Crippen LogP contribution in [0.2, 0.25) is 0 Å². The molecule has 1 fully saturated rings. The standard InChI is InChI=1S/C21H40NO6/c1-3-4-5-6-7-8-9-10-11-12-13-14-17(24)22(2)18-20(26)19(25)16(15-23)28-21(18)27/h16,18-21,23,25-26H,3-15H2,1-2H3/q-1/t16-,18-,19-,20-,21+/m1/s1. The second kappa shape index (κ2) is 14.3. The molecule has 0 aliphatic carbocycles. The van der Waals surface area contributed by atoms with Crippen molar-refractivity contribution in [2.24, 2.45) is 0 Å². The molecular weight excluding hydrogens is 362 g/mol. The predicted octanol–water partition coefficient (Wildman–Crippen LogP) is 1.31. The molecule has 3 N–H and O–H groups in total. The van der Waals surface area contributed by atoms with E-state index >= 15 is 0 Å². The zero-order chi connectivity index (χ0) is 20.9. The summed E-state index contributed by atoms with van der Waals surface area (Å²) in [6.07, 6.45) is 7.80. The summed E-state index contributed by atoms with van der Waals surface area (Å²) in [7, 11) is 1.45. The highest BCUT2D eigenvalue weighted by Crippen LogP contribution is 2.23. The van der Waals surface area contributed by atoms with Gasteiger partial charge in [0.2, 0.25) is 5.91 Å². The Bertz CT molecular complexity index is 422. The highest BCUT2D eigenvalue weighted by molar-refractivity contribution is 5.76. The lowest BCUT2D eigenvalue weighted by Gasteiger charge is -2.49. The van der Waals surface area contributed by atoms with E-state index in [1.807, 2.05) is 0 Å². The number of nitrogens with zero attached hydrogens (tertiary/aromatic N) is 1. The minimum absolute atomic E-state index is 0.237.